The first-order valence-electron chi connectivity index (χ1n) is 7.15. The molecule has 1 heterocycles. The van der Waals surface area contributed by atoms with Crippen LogP contribution < -0.4 is 0 Å². The third kappa shape index (κ3) is 4.11. The van der Waals surface area contributed by atoms with Crippen LogP contribution in [0, 0.1) is 11.8 Å². The first-order chi connectivity index (χ1) is 8.78. The molecule has 1 unspecified atom stereocenters. The molecule has 2 heteroatoms. The van der Waals surface area contributed by atoms with E-state index < -0.39 is 0 Å². The van der Waals surface area contributed by atoms with Gasteiger partial charge in [0.15, 0.2) is 0 Å². The lowest BCUT2D eigenvalue weighted by molar-refractivity contribution is 0.220. The van der Waals surface area contributed by atoms with Gasteiger partial charge in [-0.25, -0.2) is 0 Å². The highest BCUT2D eigenvalue weighted by Crippen LogP contribution is 2.24. The molecule has 2 atom stereocenters. The zero-order valence-electron chi connectivity index (χ0n) is 11.4. The summed E-state index contributed by atoms with van der Waals surface area (Å²) in [4.78, 5) is 2.56. The van der Waals surface area contributed by atoms with Crippen LogP contribution in [0.1, 0.15) is 31.7 Å². The van der Waals surface area contributed by atoms with Gasteiger partial charge >= 0.3 is 0 Å². The molecule has 1 saturated heterocycles. The van der Waals surface area contributed by atoms with Crippen LogP contribution in [0.4, 0.5) is 0 Å². The van der Waals surface area contributed by atoms with Gasteiger partial charge in [-0.1, -0.05) is 37.3 Å². The Bertz CT molecular complexity index is 338. The van der Waals surface area contributed by atoms with Gasteiger partial charge in [0.25, 0.3) is 0 Å². The van der Waals surface area contributed by atoms with Crippen LogP contribution in [-0.2, 0) is 6.54 Å². The van der Waals surface area contributed by atoms with Crippen LogP contribution in [0.2, 0.25) is 0 Å². The molecule has 1 N–H and O–H groups in total. The third-order valence-corrected chi connectivity index (χ3v) is 4.00. The van der Waals surface area contributed by atoms with Gasteiger partial charge in [0.05, 0.1) is 0 Å². The van der Waals surface area contributed by atoms with Gasteiger partial charge in [-0.05, 0) is 43.2 Å². The molecule has 1 aromatic rings. The topological polar surface area (TPSA) is 23.5 Å². The maximum absolute atomic E-state index is 9.05. The molecule has 0 saturated carbocycles. The van der Waals surface area contributed by atoms with Crippen molar-refractivity contribution in [3.8, 4) is 0 Å². The lowest BCUT2D eigenvalue weighted by Gasteiger charge is -2.16. The first kappa shape index (κ1) is 13.6. The van der Waals surface area contributed by atoms with Crippen LogP contribution in [0.25, 0.3) is 0 Å². The summed E-state index contributed by atoms with van der Waals surface area (Å²) in [6.45, 7) is 6.02. The minimum absolute atomic E-state index is 0.334. The summed E-state index contributed by atoms with van der Waals surface area (Å²) in [6, 6.07) is 10.7. The normalized spacial score (nSPS) is 22.2. The van der Waals surface area contributed by atoms with Crippen molar-refractivity contribution < 1.29 is 5.11 Å². The fourth-order valence-electron chi connectivity index (χ4n) is 2.75. The molecular formula is C16H25NO. The maximum Gasteiger partial charge on any atom is 0.0456 e. The second kappa shape index (κ2) is 6.91. The van der Waals surface area contributed by atoms with Crippen molar-refractivity contribution in [2.75, 3.05) is 19.7 Å². The van der Waals surface area contributed by atoms with Gasteiger partial charge in [0.1, 0.15) is 0 Å². The Kier molecular flexibility index (Phi) is 5.21. The number of nitrogens with zero attached hydrogens (tertiary/aromatic N) is 1. The van der Waals surface area contributed by atoms with E-state index in [0.717, 1.165) is 12.5 Å². The highest BCUT2D eigenvalue weighted by Gasteiger charge is 2.22. The average molecular weight is 247 g/mol. The zero-order chi connectivity index (χ0) is 12.8. The number of aliphatic hydroxyl groups excluding tert-OH is 1. The van der Waals surface area contributed by atoms with Gasteiger partial charge in [0, 0.05) is 19.7 Å². The summed E-state index contributed by atoms with van der Waals surface area (Å²) >= 11 is 0. The standard InChI is InChI=1S/C16H25NO/c1-14(13-18)7-8-16-9-10-17(12-16)11-15-5-3-2-4-6-15/h2-6,14,16,18H,7-13H2,1H3/t14-,16?/m0/s1. The minimum Gasteiger partial charge on any atom is -0.396 e. The largest absolute Gasteiger partial charge is 0.396 e. The molecule has 0 radical (unpaired) electrons. The lowest BCUT2D eigenvalue weighted by Crippen LogP contribution is -2.20. The molecule has 0 bridgehead atoms. The lowest BCUT2D eigenvalue weighted by atomic mass is 9.97. The van der Waals surface area contributed by atoms with Crippen molar-refractivity contribution in [3.63, 3.8) is 0 Å². The van der Waals surface area contributed by atoms with E-state index in [1.807, 2.05) is 0 Å². The van der Waals surface area contributed by atoms with E-state index in [4.69, 9.17) is 5.11 Å². The number of aliphatic hydroxyl groups is 1. The second-order valence-electron chi connectivity index (χ2n) is 5.74. The Morgan fingerprint density at radius 3 is 2.83 bits per heavy atom. The monoisotopic (exact) mass is 247 g/mol. The molecule has 1 aliphatic heterocycles. The Morgan fingerprint density at radius 2 is 2.11 bits per heavy atom. The van der Waals surface area contributed by atoms with Crippen molar-refractivity contribution in [3.05, 3.63) is 35.9 Å². The minimum atomic E-state index is 0.334. The van der Waals surface area contributed by atoms with Gasteiger partial charge in [-0.2, -0.15) is 0 Å². The average Bonchev–Trinajstić information content (AvgIpc) is 2.85. The molecule has 0 spiro atoms. The van der Waals surface area contributed by atoms with Crippen LogP contribution in [0.5, 0.6) is 0 Å². The summed E-state index contributed by atoms with van der Waals surface area (Å²) < 4.78 is 0. The predicted molar refractivity (Wildman–Crippen MR) is 75.3 cm³/mol. The smallest absolute Gasteiger partial charge is 0.0456 e. The van der Waals surface area contributed by atoms with Crippen molar-refractivity contribution >= 4 is 0 Å². The van der Waals surface area contributed by atoms with E-state index in [2.05, 4.69) is 42.2 Å². The maximum atomic E-state index is 9.05. The van der Waals surface area contributed by atoms with Crippen molar-refractivity contribution in [1.29, 1.82) is 0 Å². The SMILES string of the molecule is C[C@H](CO)CCC1CCN(Cc2ccccc2)C1. The molecular weight excluding hydrogens is 222 g/mol. The highest BCUT2D eigenvalue weighted by molar-refractivity contribution is 5.14. The van der Waals surface area contributed by atoms with Gasteiger partial charge in [0.2, 0.25) is 0 Å². The number of hydrogen-bond acceptors (Lipinski definition) is 2. The fourth-order valence-corrected chi connectivity index (χ4v) is 2.75. The number of benzene rings is 1. The molecule has 1 aromatic carbocycles. The molecule has 100 valence electrons. The van der Waals surface area contributed by atoms with Crippen molar-refractivity contribution in [1.82, 2.24) is 4.90 Å². The van der Waals surface area contributed by atoms with Crippen LogP contribution in [0.3, 0.4) is 0 Å². The molecule has 2 rings (SSSR count). The Hall–Kier alpha value is -0.860. The van der Waals surface area contributed by atoms with Gasteiger partial charge in [-0.3, -0.25) is 4.90 Å². The summed E-state index contributed by atoms with van der Waals surface area (Å²) in [5.74, 6) is 1.30. The summed E-state index contributed by atoms with van der Waals surface area (Å²) in [7, 11) is 0. The van der Waals surface area contributed by atoms with E-state index in [-0.39, 0.29) is 0 Å². The van der Waals surface area contributed by atoms with E-state index in [0.29, 0.717) is 12.5 Å². The molecule has 1 aliphatic rings. The first-order valence-corrected chi connectivity index (χ1v) is 7.15. The van der Waals surface area contributed by atoms with Crippen molar-refractivity contribution in [2.24, 2.45) is 11.8 Å². The van der Waals surface area contributed by atoms with E-state index in [9.17, 15) is 0 Å². The molecule has 0 amide bonds. The number of likely N-dealkylation sites (tertiary alicyclic amines) is 1. The van der Waals surface area contributed by atoms with Gasteiger partial charge in [-0.15, -0.1) is 0 Å². The quantitative estimate of drug-likeness (QED) is 0.835. The molecule has 0 aliphatic carbocycles. The van der Waals surface area contributed by atoms with E-state index >= 15 is 0 Å². The summed E-state index contributed by atoms with van der Waals surface area (Å²) in [6.07, 6.45) is 3.76. The van der Waals surface area contributed by atoms with Crippen LogP contribution in [-0.4, -0.2) is 29.7 Å². The van der Waals surface area contributed by atoms with E-state index in [1.54, 1.807) is 0 Å². The third-order valence-electron chi connectivity index (χ3n) is 4.00. The Morgan fingerprint density at radius 1 is 1.33 bits per heavy atom. The molecule has 0 aromatic heterocycles. The van der Waals surface area contributed by atoms with Gasteiger partial charge < -0.3 is 5.11 Å². The molecule has 1 fully saturated rings. The fraction of sp³-hybridized carbons (Fsp3) is 0.625. The zero-order valence-corrected chi connectivity index (χ0v) is 11.4. The van der Waals surface area contributed by atoms with Crippen molar-refractivity contribution in [2.45, 2.75) is 32.7 Å². The number of rotatable bonds is 6. The van der Waals surface area contributed by atoms with E-state index in [1.165, 1.54) is 37.9 Å². The van der Waals surface area contributed by atoms with Crippen LogP contribution >= 0.6 is 0 Å². The molecule has 2 nitrogen and oxygen atoms in total. The highest BCUT2D eigenvalue weighted by atomic mass is 16.3. The molecule has 18 heavy (non-hydrogen) atoms. The second-order valence-corrected chi connectivity index (χ2v) is 5.74. The summed E-state index contributed by atoms with van der Waals surface area (Å²) in [5.41, 5.74) is 1.42. The Balaban J connectivity index is 1.72. The number of hydrogen-bond donors (Lipinski definition) is 1. The summed E-state index contributed by atoms with van der Waals surface area (Å²) in [5, 5.41) is 9.05. The predicted octanol–water partition coefficient (Wildman–Crippen LogP) is 2.92. The Labute approximate surface area is 111 Å². The van der Waals surface area contributed by atoms with Crippen LogP contribution in [0.15, 0.2) is 30.3 Å².